The first-order chi connectivity index (χ1) is 12.5. The van der Waals surface area contributed by atoms with E-state index in [0.717, 1.165) is 25.3 Å². The SMILES string of the molecule is O=C(/C=C/c1cccc([N+](=O)[O-])c1)NNC(=O)CN1CCCCCC1=O. The summed E-state index contributed by atoms with van der Waals surface area (Å²) in [6.45, 7) is 0.431. The van der Waals surface area contributed by atoms with E-state index in [1.165, 1.54) is 29.2 Å². The van der Waals surface area contributed by atoms with Gasteiger partial charge in [0.1, 0.15) is 6.54 Å². The van der Waals surface area contributed by atoms with E-state index >= 15 is 0 Å². The lowest BCUT2D eigenvalue weighted by Crippen LogP contribution is -2.47. The molecule has 1 aliphatic heterocycles. The Morgan fingerprint density at radius 3 is 2.81 bits per heavy atom. The van der Waals surface area contributed by atoms with Crippen LogP contribution >= 0.6 is 0 Å². The maximum Gasteiger partial charge on any atom is 0.270 e. The number of nitrogens with zero attached hydrogens (tertiary/aromatic N) is 2. The minimum absolute atomic E-state index is 0.0606. The molecule has 0 bridgehead atoms. The zero-order valence-corrected chi connectivity index (χ0v) is 14.1. The number of benzene rings is 1. The molecule has 0 unspecified atom stereocenters. The molecule has 0 aromatic heterocycles. The standard InChI is InChI=1S/C17H20N4O5/c22-15(9-8-13-5-4-6-14(11-13)21(25)26)18-19-16(23)12-20-10-3-1-2-7-17(20)24/h4-6,8-9,11H,1-3,7,10,12H2,(H,18,22)(H,19,23)/b9-8+. The van der Waals surface area contributed by atoms with Crippen LogP contribution in [0.2, 0.25) is 0 Å². The van der Waals surface area contributed by atoms with Crippen LogP contribution in [0.5, 0.6) is 0 Å². The van der Waals surface area contributed by atoms with Gasteiger partial charge in [0.15, 0.2) is 0 Å². The number of carbonyl (C=O) groups is 3. The highest BCUT2D eigenvalue weighted by atomic mass is 16.6. The predicted molar refractivity (Wildman–Crippen MR) is 93.5 cm³/mol. The Balaban J connectivity index is 1.80. The van der Waals surface area contributed by atoms with Crippen LogP contribution in [-0.2, 0) is 14.4 Å². The lowest BCUT2D eigenvalue weighted by molar-refractivity contribution is -0.384. The third kappa shape index (κ3) is 6.00. The molecule has 3 amide bonds. The zero-order valence-electron chi connectivity index (χ0n) is 14.1. The molecule has 9 heteroatoms. The van der Waals surface area contributed by atoms with Gasteiger partial charge in [-0.2, -0.15) is 0 Å². The Hall–Kier alpha value is -3.23. The summed E-state index contributed by atoms with van der Waals surface area (Å²) in [7, 11) is 0. The van der Waals surface area contributed by atoms with E-state index in [1.54, 1.807) is 6.07 Å². The summed E-state index contributed by atoms with van der Waals surface area (Å²) in [4.78, 5) is 47.1. The van der Waals surface area contributed by atoms with E-state index in [0.29, 0.717) is 18.5 Å². The molecule has 1 aromatic carbocycles. The van der Waals surface area contributed by atoms with E-state index in [-0.39, 0.29) is 18.1 Å². The average molecular weight is 360 g/mol. The number of carbonyl (C=O) groups excluding carboxylic acids is 3. The summed E-state index contributed by atoms with van der Waals surface area (Å²) < 4.78 is 0. The van der Waals surface area contributed by atoms with Gasteiger partial charge in [-0.1, -0.05) is 18.6 Å². The van der Waals surface area contributed by atoms with E-state index in [1.807, 2.05) is 0 Å². The Labute approximate surface area is 150 Å². The molecule has 0 spiro atoms. The second kappa shape index (κ2) is 9.30. The van der Waals surface area contributed by atoms with Gasteiger partial charge in [0, 0.05) is 31.2 Å². The van der Waals surface area contributed by atoms with Gasteiger partial charge in [-0.25, -0.2) is 0 Å². The van der Waals surface area contributed by atoms with Crippen molar-refractivity contribution in [2.75, 3.05) is 13.1 Å². The van der Waals surface area contributed by atoms with Crippen molar-refractivity contribution in [2.24, 2.45) is 0 Å². The monoisotopic (exact) mass is 360 g/mol. The first-order valence-electron chi connectivity index (χ1n) is 8.25. The van der Waals surface area contributed by atoms with Gasteiger partial charge >= 0.3 is 0 Å². The second-order valence-corrected chi connectivity index (χ2v) is 5.85. The minimum atomic E-state index is -0.591. The molecule has 26 heavy (non-hydrogen) atoms. The van der Waals surface area contributed by atoms with Crippen molar-refractivity contribution in [3.63, 3.8) is 0 Å². The fraction of sp³-hybridized carbons (Fsp3) is 0.353. The van der Waals surface area contributed by atoms with Crippen molar-refractivity contribution in [1.29, 1.82) is 0 Å². The van der Waals surface area contributed by atoms with Crippen molar-refractivity contribution in [1.82, 2.24) is 15.8 Å². The van der Waals surface area contributed by atoms with Gasteiger partial charge < -0.3 is 4.90 Å². The number of nitrogens with one attached hydrogen (secondary N) is 2. The van der Waals surface area contributed by atoms with E-state index in [2.05, 4.69) is 10.9 Å². The normalized spacial score (nSPS) is 14.8. The molecule has 0 atom stereocenters. The largest absolute Gasteiger partial charge is 0.333 e. The van der Waals surface area contributed by atoms with Crippen LogP contribution in [0.4, 0.5) is 5.69 Å². The molecule has 1 aromatic rings. The van der Waals surface area contributed by atoms with Gasteiger partial charge in [0.25, 0.3) is 17.5 Å². The summed E-state index contributed by atoms with van der Waals surface area (Å²) in [6.07, 6.45) is 5.63. The van der Waals surface area contributed by atoms with Gasteiger partial charge in [-0.05, 0) is 24.5 Å². The third-order valence-corrected chi connectivity index (χ3v) is 3.84. The highest BCUT2D eigenvalue weighted by Crippen LogP contribution is 2.14. The summed E-state index contributed by atoms with van der Waals surface area (Å²) in [6, 6.07) is 5.80. The lowest BCUT2D eigenvalue weighted by Gasteiger charge is -2.19. The number of hydrogen-bond donors (Lipinski definition) is 2. The number of hydrogen-bond acceptors (Lipinski definition) is 5. The predicted octanol–water partition coefficient (Wildman–Crippen LogP) is 1.16. The van der Waals surface area contributed by atoms with Gasteiger partial charge in [-0.15, -0.1) is 0 Å². The van der Waals surface area contributed by atoms with Gasteiger partial charge in [0.05, 0.1) is 4.92 Å². The molecule has 0 radical (unpaired) electrons. The maximum atomic E-state index is 11.8. The molecule has 2 rings (SSSR count). The fourth-order valence-corrected chi connectivity index (χ4v) is 2.51. The Morgan fingerprint density at radius 2 is 2.04 bits per heavy atom. The van der Waals surface area contributed by atoms with Crippen molar-refractivity contribution in [2.45, 2.75) is 25.7 Å². The highest BCUT2D eigenvalue weighted by molar-refractivity contribution is 5.93. The van der Waals surface area contributed by atoms with E-state index < -0.39 is 16.7 Å². The summed E-state index contributed by atoms with van der Waals surface area (Å²) >= 11 is 0. The fourth-order valence-electron chi connectivity index (χ4n) is 2.51. The Kier molecular flexibility index (Phi) is 6.84. The highest BCUT2D eigenvalue weighted by Gasteiger charge is 2.19. The van der Waals surface area contributed by atoms with E-state index in [4.69, 9.17) is 0 Å². The summed E-state index contributed by atoms with van der Waals surface area (Å²) in [5, 5.41) is 10.7. The molecule has 0 aliphatic carbocycles. The van der Waals surface area contributed by atoms with Crippen molar-refractivity contribution in [3.8, 4) is 0 Å². The topological polar surface area (TPSA) is 122 Å². The third-order valence-electron chi connectivity index (χ3n) is 3.84. The van der Waals surface area contributed by atoms with E-state index in [9.17, 15) is 24.5 Å². The number of likely N-dealkylation sites (tertiary alicyclic amines) is 1. The first-order valence-corrected chi connectivity index (χ1v) is 8.25. The van der Waals surface area contributed by atoms with Gasteiger partial charge in [-0.3, -0.25) is 35.3 Å². The summed E-state index contributed by atoms with van der Waals surface area (Å²) in [5.41, 5.74) is 4.86. The minimum Gasteiger partial charge on any atom is -0.333 e. The van der Waals surface area contributed by atoms with Gasteiger partial charge in [0.2, 0.25) is 5.91 Å². The Bertz CT molecular complexity index is 732. The van der Waals surface area contributed by atoms with Crippen LogP contribution in [0.15, 0.2) is 30.3 Å². The molecule has 1 saturated heterocycles. The molecule has 2 N–H and O–H groups in total. The van der Waals surface area contributed by atoms with Crippen LogP contribution in [0.1, 0.15) is 31.2 Å². The van der Waals surface area contributed by atoms with Crippen LogP contribution in [0, 0.1) is 10.1 Å². The molecule has 0 saturated carbocycles. The number of hydrazine groups is 1. The number of nitro groups is 1. The number of amides is 3. The second-order valence-electron chi connectivity index (χ2n) is 5.85. The van der Waals surface area contributed by atoms with Crippen LogP contribution < -0.4 is 10.9 Å². The molecule has 9 nitrogen and oxygen atoms in total. The van der Waals surface area contributed by atoms with Crippen LogP contribution in [0.3, 0.4) is 0 Å². The smallest absolute Gasteiger partial charge is 0.270 e. The van der Waals surface area contributed by atoms with Crippen molar-refractivity contribution < 1.29 is 19.3 Å². The zero-order chi connectivity index (χ0) is 18.9. The maximum absolute atomic E-state index is 11.8. The first kappa shape index (κ1) is 19.1. The van der Waals surface area contributed by atoms with Crippen molar-refractivity contribution in [3.05, 3.63) is 46.0 Å². The quantitative estimate of drug-likeness (QED) is 0.463. The molecule has 1 heterocycles. The lowest BCUT2D eigenvalue weighted by atomic mass is 10.2. The van der Waals surface area contributed by atoms with Crippen LogP contribution in [-0.4, -0.2) is 40.6 Å². The molecule has 1 aliphatic rings. The summed E-state index contributed by atoms with van der Waals surface area (Å²) in [5.74, 6) is -1.14. The van der Waals surface area contributed by atoms with Crippen molar-refractivity contribution >= 4 is 29.5 Å². The molecule has 1 fully saturated rings. The molecule has 138 valence electrons. The number of non-ortho nitro benzene ring substituents is 1. The molecular weight excluding hydrogens is 340 g/mol. The van der Waals surface area contributed by atoms with Crippen LogP contribution in [0.25, 0.3) is 6.08 Å². The molecular formula is C17H20N4O5. The number of nitro benzene ring substituents is 1. The number of rotatable bonds is 5. The Morgan fingerprint density at radius 1 is 1.23 bits per heavy atom. The average Bonchev–Trinajstić information content (AvgIpc) is 2.83.